The summed E-state index contributed by atoms with van der Waals surface area (Å²) < 4.78 is 11.6. The van der Waals surface area contributed by atoms with Crippen LogP contribution < -0.4 is 20.1 Å². The lowest BCUT2D eigenvalue weighted by molar-refractivity contribution is 0.0997. The molecule has 1 aromatic heterocycles. The van der Waals surface area contributed by atoms with Crippen molar-refractivity contribution in [1.82, 2.24) is 4.98 Å². The third kappa shape index (κ3) is 4.06. The molecule has 1 aliphatic rings. The summed E-state index contributed by atoms with van der Waals surface area (Å²) in [6, 6.07) is 18.4. The molecule has 0 radical (unpaired) electrons. The SMILES string of the molecule is NC(=O)c1cc(N2CCCC2)cnc1Oc1ccc(Oc2ccccc2)cc1. The van der Waals surface area contributed by atoms with Gasteiger partial charge >= 0.3 is 0 Å². The number of para-hydroxylation sites is 1. The molecular weight excluding hydrogens is 354 g/mol. The van der Waals surface area contributed by atoms with Crippen LogP contribution in [0, 0.1) is 0 Å². The number of nitrogens with zero attached hydrogens (tertiary/aromatic N) is 2. The molecule has 0 aliphatic carbocycles. The van der Waals surface area contributed by atoms with Crippen molar-refractivity contribution < 1.29 is 14.3 Å². The van der Waals surface area contributed by atoms with Crippen molar-refractivity contribution >= 4 is 11.6 Å². The number of primary amides is 1. The van der Waals surface area contributed by atoms with Crippen molar-refractivity contribution in [2.75, 3.05) is 18.0 Å². The van der Waals surface area contributed by atoms with Gasteiger partial charge in [-0.15, -0.1) is 0 Å². The zero-order chi connectivity index (χ0) is 19.3. The molecule has 142 valence electrons. The number of amides is 1. The second-order valence-corrected chi connectivity index (χ2v) is 6.59. The summed E-state index contributed by atoms with van der Waals surface area (Å²) in [6.45, 7) is 1.92. The highest BCUT2D eigenvalue weighted by Gasteiger charge is 2.18. The summed E-state index contributed by atoms with van der Waals surface area (Å²) in [5.74, 6) is 1.63. The van der Waals surface area contributed by atoms with Crippen LogP contribution in [-0.2, 0) is 0 Å². The van der Waals surface area contributed by atoms with Crippen LogP contribution >= 0.6 is 0 Å². The van der Waals surface area contributed by atoms with Crippen molar-refractivity contribution in [3.8, 4) is 23.1 Å². The van der Waals surface area contributed by atoms with Crippen LogP contribution in [0.3, 0.4) is 0 Å². The lowest BCUT2D eigenvalue weighted by atomic mass is 10.2. The molecule has 2 heterocycles. The van der Waals surface area contributed by atoms with Gasteiger partial charge in [-0.3, -0.25) is 4.79 Å². The molecule has 6 nitrogen and oxygen atoms in total. The Balaban J connectivity index is 1.50. The highest BCUT2D eigenvalue weighted by Crippen LogP contribution is 2.30. The Morgan fingerprint density at radius 1 is 0.893 bits per heavy atom. The molecular formula is C22H21N3O3. The quantitative estimate of drug-likeness (QED) is 0.692. The zero-order valence-electron chi connectivity index (χ0n) is 15.4. The van der Waals surface area contributed by atoms with Crippen LogP contribution in [0.4, 0.5) is 5.69 Å². The van der Waals surface area contributed by atoms with Crippen LogP contribution in [0.15, 0.2) is 66.9 Å². The molecule has 0 spiro atoms. The average molecular weight is 375 g/mol. The van der Waals surface area contributed by atoms with Crippen molar-refractivity contribution in [1.29, 1.82) is 0 Å². The van der Waals surface area contributed by atoms with Gasteiger partial charge in [-0.05, 0) is 55.3 Å². The molecule has 1 amide bonds. The second-order valence-electron chi connectivity index (χ2n) is 6.59. The molecule has 28 heavy (non-hydrogen) atoms. The molecule has 0 atom stereocenters. The van der Waals surface area contributed by atoms with E-state index in [1.165, 1.54) is 0 Å². The van der Waals surface area contributed by atoms with E-state index in [1.807, 2.05) is 30.3 Å². The van der Waals surface area contributed by atoms with E-state index < -0.39 is 5.91 Å². The van der Waals surface area contributed by atoms with Gasteiger partial charge in [-0.1, -0.05) is 18.2 Å². The van der Waals surface area contributed by atoms with Crippen LogP contribution in [0.5, 0.6) is 23.1 Å². The van der Waals surface area contributed by atoms with Crippen LogP contribution in [0.25, 0.3) is 0 Å². The number of carbonyl (C=O) groups is 1. The Kier molecular flexibility index (Phi) is 5.10. The summed E-state index contributed by atoms with van der Waals surface area (Å²) in [6.07, 6.45) is 4.00. The van der Waals surface area contributed by atoms with E-state index >= 15 is 0 Å². The largest absolute Gasteiger partial charge is 0.457 e. The van der Waals surface area contributed by atoms with Crippen LogP contribution in [-0.4, -0.2) is 24.0 Å². The maximum Gasteiger partial charge on any atom is 0.254 e. The lowest BCUT2D eigenvalue weighted by Crippen LogP contribution is -2.20. The van der Waals surface area contributed by atoms with Gasteiger partial charge in [0.15, 0.2) is 0 Å². The molecule has 1 aliphatic heterocycles. The molecule has 0 bridgehead atoms. The van der Waals surface area contributed by atoms with Crippen molar-refractivity contribution in [3.63, 3.8) is 0 Å². The van der Waals surface area contributed by atoms with E-state index in [0.717, 1.165) is 37.4 Å². The predicted octanol–water partition coefficient (Wildman–Crippen LogP) is 4.37. The number of benzene rings is 2. The van der Waals surface area contributed by atoms with E-state index in [2.05, 4.69) is 9.88 Å². The molecule has 6 heteroatoms. The standard InChI is InChI=1S/C22H21N3O3/c23-21(26)20-14-16(25-12-4-5-13-25)15-24-22(20)28-19-10-8-18(9-11-19)27-17-6-2-1-3-7-17/h1-3,6-11,14-15H,4-5,12-13H2,(H2,23,26). The van der Waals surface area contributed by atoms with E-state index in [1.54, 1.807) is 36.5 Å². The first kappa shape index (κ1) is 17.9. The number of anilines is 1. The van der Waals surface area contributed by atoms with Crippen LogP contribution in [0.2, 0.25) is 0 Å². The number of hydrogen-bond donors (Lipinski definition) is 1. The first-order chi connectivity index (χ1) is 13.7. The minimum Gasteiger partial charge on any atom is -0.457 e. The average Bonchev–Trinajstić information content (AvgIpc) is 3.25. The zero-order valence-corrected chi connectivity index (χ0v) is 15.4. The van der Waals surface area contributed by atoms with E-state index in [0.29, 0.717) is 11.5 Å². The number of rotatable bonds is 6. The van der Waals surface area contributed by atoms with Gasteiger partial charge in [0, 0.05) is 13.1 Å². The summed E-state index contributed by atoms with van der Waals surface area (Å²) >= 11 is 0. The molecule has 1 saturated heterocycles. The summed E-state index contributed by atoms with van der Waals surface area (Å²) in [4.78, 5) is 18.4. The highest BCUT2D eigenvalue weighted by molar-refractivity contribution is 5.96. The molecule has 1 fully saturated rings. The molecule has 0 unspecified atom stereocenters. The van der Waals surface area contributed by atoms with E-state index in [9.17, 15) is 4.79 Å². The predicted molar refractivity (Wildman–Crippen MR) is 107 cm³/mol. The molecule has 2 aromatic carbocycles. The molecule has 2 N–H and O–H groups in total. The highest BCUT2D eigenvalue weighted by atomic mass is 16.5. The van der Waals surface area contributed by atoms with Gasteiger partial charge in [0.05, 0.1) is 11.9 Å². The first-order valence-electron chi connectivity index (χ1n) is 9.25. The Morgan fingerprint density at radius 2 is 1.50 bits per heavy atom. The second kappa shape index (κ2) is 8.00. The maximum absolute atomic E-state index is 11.9. The fourth-order valence-corrected chi connectivity index (χ4v) is 3.16. The third-order valence-electron chi connectivity index (χ3n) is 4.59. The lowest BCUT2D eigenvalue weighted by Gasteiger charge is -2.18. The fourth-order valence-electron chi connectivity index (χ4n) is 3.16. The Bertz CT molecular complexity index is 953. The van der Waals surface area contributed by atoms with Gasteiger partial charge in [0.1, 0.15) is 22.8 Å². The Morgan fingerprint density at radius 3 is 2.14 bits per heavy atom. The third-order valence-corrected chi connectivity index (χ3v) is 4.59. The van der Waals surface area contributed by atoms with Gasteiger partial charge in [0.25, 0.3) is 5.91 Å². The fraction of sp³-hybridized carbons (Fsp3) is 0.182. The van der Waals surface area contributed by atoms with E-state index in [4.69, 9.17) is 15.2 Å². The number of carbonyl (C=O) groups excluding carboxylic acids is 1. The number of hydrogen-bond acceptors (Lipinski definition) is 5. The van der Waals surface area contributed by atoms with E-state index in [-0.39, 0.29) is 11.4 Å². The van der Waals surface area contributed by atoms with Crippen molar-refractivity contribution in [2.24, 2.45) is 5.73 Å². The Hall–Kier alpha value is -3.54. The Labute approximate surface area is 163 Å². The normalized spacial score (nSPS) is 13.4. The summed E-state index contributed by atoms with van der Waals surface area (Å²) in [5.41, 5.74) is 6.71. The van der Waals surface area contributed by atoms with Crippen molar-refractivity contribution in [3.05, 3.63) is 72.4 Å². The first-order valence-corrected chi connectivity index (χ1v) is 9.25. The summed E-state index contributed by atoms with van der Waals surface area (Å²) in [5, 5.41) is 0. The van der Waals surface area contributed by atoms with Gasteiger partial charge in [0.2, 0.25) is 5.88 Å². The minimum absolute atomic E-state index is 0.201. The van der Waals surface area contributed by atoms with Gasteiger partial charge in [-0.2, -0.15) is 0 Å². The molecule has 0 saturated carbocycles. The number of pyridine rings is 1. The number of nitrogens with two attached hydrogens (primary N) is 1. The topological polar surface area (TPSA) is 77.7 Å². The number of aromatic nitrogens is 1. The van der Waals surface area contributed by atoms with Gasteiger partial charge in [-0.25, -0.2) is 4.98 Å². The smallest absolute Gasteiger partial charge is 0.254 e. The molecule has 3 aromatic rings. The van der Waals surface area contributed by atoms with Crippen LogP contribution in [0.1, 0.15) is 23.2 Å². The minimum atomic E-state index is -0.562. The number of ether oxygens (including phenoxy) is 2. The maximum atomic E-state index is 11.9. The monoisotopic (exact) mass is 375 g/mol. The molecule has 4 rings (SSSR count). The summed E-state index contributed by atoms with van der Waals surface area (Å²) in [7, 11) is 0. The van der Waals surface area contributed by atoms with Gasteiger partial charge < -0.3 is 20.1 Å². The van der Waals surface area contributed by atoms with Crippen molar-refractivity contribution in [2.45, 2.75) is 12.8 Å².